The minimum absolute atomic E-state index is 0.0580. The minimum atomic E-state index is -4.53. The molecule has 0 fully saturated rings. The van der Waals surface area contributed by atoms with Gasteiger partial charge in [-0.25, -0.2) is 0 Å². The van der Waals surface area contributed by atoms with Crippen LogP contribution in [0.5, 0.6) is 0 Å². The van der Waals surface area contributed by atoms with Crippen molar-refractivity contribution in [3.8, 4) is 6.07 Å². The van der Waals surface area contributed by atoms with Gasteiger partial charge >= 0.3 is 6.18 Å². The van der Waals surface area contributed by atoms with Crippen molar-refractivity contribution in [2.24, 2.45) is 0 Å². The van der Waals surface area contributed by atoms with E-state index in [-0.39, 0.29) is 11.3 Å². The molecule has 3 N–H and O–H groups in total. The van der Waals surface area contributed by atoms with Crippen molar-refractivity contribution in [3.05, 3.63) is 96.2 Å². The number of para-hydroxylation sites is 1. The molecule has 3 aromatic carbocycles. The Kier molecular flexibility index (Phi) is 6.58. The van der Waals surface area contributed by atoms with Gasteiger partial charge in [0, 0.05) is 28.9 Å². The van der Waals surface area contributed by atoms with Gasteiger partial charge in [-0.15, -0.1) is 0 Å². The quantitative estimate of drug-likeness (QED) is 0.341. The van der Waals surface area contributed by atoms with E-state index < -0.39 is 17.6 Å². The van der Waals surface area contributed by atoms with Gasteiger partial charge in [-0.3, -0.25) is 4.79 Å². The lowest BCUT2D eigenvalue weighted by molar-refractivity contribution is -0.137. The van der Waals surface area contributed by atoms with Gasteiger partial charge in [-0.1, -0.05) is 24.3 Å². The Bertz CT molecular complexity index is 1120. The minimum Gasteiger partial charge on any atom is -0.360 e. The van der Waals surface area contributed by atoms with E-state index in [9.17, 15) is 23.2 Å². The molecule has 0 saturated carbocycles. The molecular weight excluding hydrogens is 405 g/mol. The smallest absolute Gasteiger partial charge is 0.360 e. The van der Waals surface area contributed by atoms with Gasteiger partial charge in [0.1, 0.15) is 11.6 Å². The number of benzene rings is 3. The number of nitriles is 1. The molecule has 0 aromatic heterocycles. The van der Waals surface area contributed by atoms with E-state index in [1.807, 2.05) is 42.5 Å². The first-order valence-electron chi connectivity index (χ1n) is 9.13. The molecule has 31 heavy (non-hydrogen) atoms. The maximum atomic E-state index is 12.8. The summed E-state index contributed by atoms with van der Waals surface area (Å²) in [5.41, 5.74) is 1.17. The SMILES string of the molecule is N#C/C(=C/Nc1ccc(Nc2ccccc2)cc1)C(=O)Nc1cccc(C(F)(F)F)c1. The second-order valence-electron chi connectivity index (χ2n) is 6.42. The van der Waals surface area contributed by atoms with E-state index in [4.69, 9.17) is 0 Å². The molecule has 0 saturated heterocycles. The standard InChI is InChI=1S/C23H17F3N4O/c24-23(25,26)17-5-4-8-21(13-17)30-22(31)16(14-27)15-28-18-9-11-20(12-10-18)29-19-6-2-1-3-7-19/h1-13,15,28-29H,(H,30,31)/b16-15-. The molecule has 3 rings (SSSR count). The number of hydrogen-bond acceptors (Lipinski definition) is 4. The first kappa shape index (κ1) is 21.5. The molecule has 0 radical (unpaired) electrons. The summed E-state index contributed by atoms with van der Waals surface area (Å²) in [7, 11) is 0. The van der Waals surface area contributed by atoms with E-state index in [0.29, 0.717) is 5.69 Å². The second kappa shape index (κ2) is 9.50. The van der Waals surface area contributed by atoms with Crippen molar-refractivity contribution in [1.29, 1.82) is 5.26 Å². The molecular formula is C23H17F3N4O. The van der Waals surface area contributed by atoms with Crippen LogP contribution in [0.25, 0.3) is 0 Å². The summed E-state index contributed by atoms with van der Waals surface area (Å²) >= 11 is 0. The van der Waals surface area contributed by atoms with Crippen LogP contribution in [0.2, 0.25) is 0 Å². The van der Waals surface area contributed by atoms with E-state index >= 15 is 0 Å². The fourth-order valence-corrected chi connectivity index (χ4v) is 2.61. The summed E-state index contributed by atoms with van der Waals surface area (Å²) in [5.74, 6) is -0.823. The summed E-state index contributed by atoms with van der Waals surface area (Å²) in [5, 5.41) is 17.6. The zero-order valence-electron chi connectivity index (χ0n) is 16.1. The summed E-state index contributed by atoms with van der Waals surface area (Å²) < 4.78 is 38.4. The van der Waals surface area contributed by atoms with E-state index in [2.05, 4.69) is 16.0 Å². The molecule has 0 atom stereocenters. The number of carbonyl (C=O) groups is 1. The van der Waals surface area contributed by atoms with Crippen molar-refractivity contribution in [1.82, 2.24) is 0 Å². The highest BCUT2D eigenvalue weighted by molar-refractivity contribution is 6.06. The van der Waals surface area contributed by atoms with Crippen LogP contribution in [-0.2, 0) is 11.0 Å². The van der Waals surface area contributed by atoms with Gasteiger partial charge in [0.05, 0.1) is 5.56 Å². The number of nitrogens with one attached hydrogen (secondary N) is 3. The van der Waals surface area contributed by atoms with Crippen LogP contribution in [0.1, 0.15) is 5.56 Å². The van der Waals surface area contributed by atoms with Crippen LogP contribution in [0.4, 0.5) is 35.9 Å². The Morgan fingerprint density at radius 3 is 2.10 bits per heavy atom. The number of amides is 1. The van der Waals surface area contributed by atoms with E-state index in [0.717, 1.165) is 23.5 Å². The zero-order valence-corrected chi connectivity index (χ0v) is 16.1. The number of rotatable bonds is 6. The average Bonchev–Trinajstić information content (AvgIpc) is 2.75. The van der Waals surface area contributed by atoms with Crippen molar-refractivity contribution >= 4 is 28.7 Å². The number of carbonyl (C=O) groups excluding carboxylic acids is 1. The fraction of sp³-hybridized carbons (Fsp3) is 0.0435. The van der Waals surface area contributed by atoms with Crippen LogP contribution in [0, 0.1) is 11.3 Å². The molecule has 8 heteroatoms. The van der Waals surface area contributed by atoms with Crippen LogP contribution >= 0.6 is 0 Å². The Balaban J connectivity index is 1.64. The highest BCUT2D eigenvalue weighted by Crippen LogP contribution is 2.30. The number of alkyl halides is 3. The third-order valence-electron chi connectivity index (χ3n) is 4.14. The van der Waals surface area contributed by atoms with Crippen LogP contribution in [0.3, 0.4) is 0 Å². The fourth-order valence-electron chi connectivity index (χ4n) is 2.61. The van der Waals surface area contributed by atoms with E-state index in [1.165, 1.54) is 18.3 Å². The van der Waals surface area contributed by atoms with E-state index in [1.54, 1.807) is 18.2 Å². The Hall–Kier alpha value is -4.25. The first-order valence-corrected chi connectivity index (χ1v) is 9.13. The van der Waals surface area contributed by atoms with Gasteiger partial charge in [-0.2, -0.15) is 18.4 Å². The number of nitrogens with zero attached hydrogens (tertiary/aromatic N) is 1. The third kappa shape index (κ3) is 6.11. The maximum Gasteiger partial charge on any atom is 0.416 e. The molecule has 156 valence electrons. The predicted octanol–water partition coefficient (Wildman–Crippen LogP) is 5.91. The maximum absolute atomic E-state index is 12.8. The molecule has 1 amide bonds. The molecule has 0 bridgehead atoms. The van der Waals surface area contributed by atoms with Crippen molar-refractivity contribution in [2.75, 3.05) is 16.0 Å². The molecule has 5 nitrogen and oxygen atoms in total. The molecule has 0 heterocycles. The van der Waals surface area contributed by atoms with Gasteiger partial charge in [0.2, 0.25) is 0 Å². The van der Waals surface area contributed by atoms with Crippen molar-refractivity contribution in [3.63, 3.8) is 0 Å². The molecule has 0 aliphatic heterocycles. The summed E-state index contributed by atoms with van der Waals surface area (Å²) in [6, 6.07) is 22.7. The largest absolute Gasteiger partial charge is 0.416 e. The van der Waals surface area contributed by atoms with Gasteiger partial charge < -0.3 is 16.0 Å². The second-order valence-corrected chi connectivity index (χ2v) is 6.42. The topological polar surface area (TPSA) is 77.0 Å². The van der Waals surface area contributed by atoms with Crippen LogP contribution < -0.4 is 16.0 Å². The van der Waals surface area contributed by atoms with Crippen LogP contribution in [0.15, 0.2) is 90.6 Å². The van der Waals surface area contributed by atoms with Crippen molar-refractivity contribution < 1.29 is 18.0 Å². The lowest BCUT2D eigenvalue weighted by Crippen LogP contribution is -2.15. The van der Waals surface area contributed by atoms with Gasteiger partial charge in [-0.05, 0) is 54.6 Å². The average molecular weight is 422 g/mol. The number of anilines is 4. The lowest BCUT2D eigenvalue weighted by atomic mass is 10.2. The predicted molar refractivity (Wildman–Crippen MR) is 114 cm³/mol. The normalized spacial score (nSPS) is 11.4. The molecule has 0 spiro atoms. The number of hydrogen-bond donors (Lipinski definition) is 3. The number of halogens is 3. The van der Waals surface area contributed by atoms with Crippen molar-refractivity contribution in [2.45, 2.75) is 6.18 Å². The molecule has 0 unspecified atom stereocenters. The molecule has 3 aromatic rings. The summed E-state index contributed by atoms with van der Waals surface area (Å²) in [6.07, 6.45) is -3.33. The Morgan fingerprint density at radius 1 is 0.839 bits per heavy atom. The lowest BCUT2D eigenvalue weighted by Gasteiger charge is -2.10. The zero-order chi connectivity index (χ0) is 22.3. The third-order valence-corrected chi connectivity index (χ3v) is 4.14. The Labute approximate surface area is 176 Å². The highest BCUT2D eigenvalue weighted by Gasteiger charge is 2.30. The Morgan fingerprint density at radius 2 is 1.45 bits per heavy atom. The highest BCUT2D eigenvalue weighted by atomic mass is 19.4. The summed E-state index contributed by atoms with van der Waals surface area (Å²) in [6.45, 7) is 0. The van der Waals surface area contributed by atoms with Gasteiger partial charge in [0.25, 0.3) is 5.91 Å². The van der Waals surface area contributed by atoms with Crippen LogP contribution in [-0.4, -0.2) is 5.91 Å². The molecule has 0 aliphatic carbocycles. The monoisotopic (exact) mass is 422 g/mol. The molecule has 0 aliphatic rings. The summed E-state index contributed by atoms with van der Waals surface area (Å²) in [4.78, 5) is 12.3. The van der Waals surface area contributed by atoms with Gasteiger partial charge in [0.15, 0.2) is 0 Å². The first-order chi connectivity index (χ1) is 14.8.